The molecule has 2 fully saturated rings. The molecule has 3 rings (SSSR count). The van der Waals surface area contributed by atoms with E-state index in [9.17, 15) is 4.79 Å². The fourth-order valence-corrected chi connectivity index (χ4v) is 3.15. The molecule has 2 unspecified atom stereocenters. The van der Waals surface area contributed by atoms with E-state index in [0.29, 0.717) is 24.7 Å². The summed E-state index contributed by atoms with van der Waals surface area (Å²) in [6, 6.07) is 1.47. The van der Waals surface area contributed by atoms with Crippen molar-refractivity contribution in [2.24, 2.45) is 0 Å². The van der Waals surface area contributed by atoms with Crippen molar-refractivity contribution in [3.63, 3.8) is 0 Å². The maximum Gasteiger partial charge on any atom is 0.360 e. The molecule has 110 valence electrons. The molecule has 2 atom stereocenters. The van der Waals surface area contributed by atoms with Crippen LogP contribution in [-0.2, 0) is 4.74 Å². The third-order valence-corrected chi connectivity index (χ3v) is 4.16. The molecule has 0 radical (unpaired) electrons. The molecule has 6 nitrogen and oxygen atoms in total. The van der Waals surface area contributed by atoms with E-state index in [1.807, 2.05) is 0 Å². The smallest absolute Gasteiger partial charge is 0.360 e. The Kier molecular flexibility index (Phi) is 3.65. The first-order valence-electron chi connectivity index (χ1n) is 7.32. The van der Waals surface area contributed by atoms with Crippen molar-refractivity contribution in [2.45, 2.75) is 38.8 Å². The van der Waals surface area contributed by atoms with E-state index < -0.39 is 5.97 Å². The summed E-state index contributed by atoms with van der Waals surface area (Å²) in [6.45, 7) is 7.44. The monoisotopic (exact) mass is 279 g/mol. The van der Waals surface area contributed by atoms with Crippen molar-refractivity contribution >= 4 is 12.0 Å². The van der Waals surface area contributed by atoms with Gasteiger partial charge in [-0.05, 0) is 33.2 Å². The number of ether oxygens (including phenoxy) is 1. The Balaban J connectivity index is 1.73. The molecule has 0 N–H and O–H groups in total. The van der Waals surface area contributed by atoms with Crippen molar-refractivity contribution in [3.05, 3.63) is 12.0 Å². The van der Waals surface area contributed by atoms with Gasteiger partial charge >= 0.3 is 5.97 Å². The van der Waals surface area contributed by atoms with Gasteiger partial charge < -0.3 is 14.1 Å². The van der Waals surface area contributed by atoms with Gasteiger partial charge in [-0.3, -0.25) is 4.90 Å². The molecule has 2 aliphatic rings. The van der Waals surface area contributed by atoms with Crippen LogP contribution in [0.1, 0.15) is 37.2 Å². The lowest BCUT2D eigenvalue weighted by atomic mass is 10.1. The highest BCUT2D eigenvalue weighted by Gasteiger charge is 2.36. The van der Waals surface area contributed by atoms with Crippen LogP contribution < -0.4 is 4.90 Å². The van der Waals surface area contributed by atoms with Gasteiger partial charge in [0, 0.05) is 25.2 Å². The first-order valence-corrected chi connectivity index (χ1v) is 7.32. The summed E-state index contributed by atoms with van der Waals surface area (Å²) in [5.74, 6) is -0.422. The number of hydrogen-bond donors (Lipinski definition) is 0. The van der Waals surface area contributed by atoms with E-state index in [1.54, 1.807) is 6.92 Å². The molecule has 0 bridgehead atoms. The number of nitrogens with zero attached hydrogens (tertiary/aromatic N) is 3. The molecule has 2 aliphatic heterocycles. The van der Waals surface area contributed by atoms with E-state index in [0.717, 1.165) is 13.1 Å². The summed E-state index contributed by atoms with van der Waals surface area (Å²) in [4.78, 5) is 20.6. The van der Waals surface area contributed by atoms with Gasteiger partial charge in [0.2, 0.25) is 0 Å². The van der Waals surface area contributed by atoms with Gasteiger partial charge in [0.25, 0.3) is 6.01 Å². The molecule has 0 aromatic carbocycles. The van der Waals surface area contributed by atoms with Crippen molar-refractivity contribution in [3.8, 4) is 0 Å². The lowest BCUT2D eigenvalue weighted by molar-refractivity contribution is 0.0519. The summed E-state index contributed by atoms with van der Waals surface area (Å²) in [5, 5.41) is 0. The van der Waals surface area contributed by atoms with Gasteiger partial charge in [0.1, 0.15) is 6.26 Å². The second-order valence-corrected chi connectivity index (χ2v) is 5.53. The van der Waals surface area contributed by atoms with Crippen molar-refractivity contribution in [2.75, 3.05) is 31.1 Å². The standard InChI is InChI=1S/C14H21N3O3/c1-3-19-13(18)12-9-20-14(15-12)17-8-11-5-4-6-16(11)7-10(17)2/h9-11H,3-8H2,1-2H3. The molecule has 1 aromatic heterocycles. The summed E-state index contributed by atoms with van der Waals surface area (Å²) in [6.07, 6.45) is 3.89. The van der Waals surface area contributed by atoms with Crippen LogP contribution in [0.3, 0.4) is 0 Å². The van der Waals surface area contributed by atoms with Gasteiger partial charge in [0.05, 0.1) is 6.61 Å². The Morgan fingerprint density at radius 2 is 2.40 bits per heavy atom. The average molecular weight is 279 g/mol. The minimum absolute atomic E-state index is 0.253. The Labute approximate surface area is 118 Å². The fourth-order valence-electron chi connectivity index (χ4n) is 3.15. The Morgan fingerprint density at radius 1 is 1.55 bits per heavy atom. The lowest BCUT2D eigenvalue weighted by Gasteiger charge is -2.41. The number of aromatic nitrogens is 1. The number of hydrogen-bond acceptors (Lipinski definition) is 6. The number of oxazole rings is 1. The number of anilines is 1. The topological polar surface area (TPSA) is 58.8 Å². The summed E-state index contributed by atoms with van der Waals surface area (Å²) in [5.41, 5.74) is 0.253. The van der Waals surface area contributed by atoms with Crippen LogP contribution in [0, 0.1) is 0 Å². The Morgan fingerprint density at radius 3 is 3.20 bits per heavy atom. The van der Waals surface area contributed by atoms with E-state index in [1.165, 1.54) is 25.6 Å². The Bertz CT molecular complexity index is 488. The SMILES string of the molecule is CCOC(=O)c1coc(N2CC3CCCN3CC2C)n1. The molecular formula is C14H21N3O3. The average Bonchev–Trinajstić information content (AvgIpc) is 3.05. The molecule has 0 amide bonds. The fraction of sp³-hybridized carbons (Fsp3) is 0.714. The number of carbonyl (C=O) groups is 1. The summed E-state index contributed by atoms with van der Waals surface area (Å²) in [7, 11) is 0. The van der Waals surface area contributed by atoms with E-state index in [2.05, 4.69) is 21.7 Å². The van der Waals surface area contributed by atoms with Crippen LogP contribution in [0.5, 0.6) is 0 Å². The van der Waals surface area contributed by atoms with Crippen molar-refractivity contribution in [1.82, 2.24) is 9.88 Å². The molecule has 20 heavy (non-hydrogen) atoms. The molecule has 6 heteroatoms. The minimum Gasteiger partial charge on any atom is -0.461 e. The number of fused-ring (bicyclic) bond motifs is 1. The third-order valence-electron chi connectivity index (χ3n) is 4.16. The highest BCUT2D eigenvalue weighted by molar-refractivity contribution is 5.87. The molecule has 0 aliphatic carbocycles. The maximum absolute atomic E-state index is 11.6. The predicted octanol–water partition coefficient (Wildman–Crippen LogP) is 1.52. The zero-order valence-corrected chi connectivity index (χ0v) is 12.0. The van der Waals surface area contributed by atoms with Gasteiger partial charge in [-0.1, -0.05) is 0 Å². The maximum atomic E-state index is 11.6. The first-order chi connectivity index (χ1) is 9.69. The second kappa shape index (κ2) is 5.44. The molecule has 0 spiro atoms. The van der Waals surface area contributed by atoms with Gasteiger partial charge in [0.15, 0.2) is 5.69 Å². The molecule has 2 saturated heterocycles. The van der Waals surface area contributed by atoms with Crippen LogP contribution in [-0.4, -0.2) is 54.2 Å². The van der Waals surface area contributed by atoms with Crippen molar-refractivity contribution in [1.29, 1.82) is 0 Å². The van der Waals surface area contributed by atoms with Gasteiger partial charge in [-0.25, -0.2) is 4.79 Å². The largest absolute Gasteiger partial charge is 0.461 e. The second-order valence-electron chi connectivity index (χ2n) is 5.53. The number of esters is 1. The van der Waals surface area contributed by atoms with Crippen LogP contribution in [0.2, 0.25) is 0 Å². The van der Waals surface area contributed by atoms with Crippen LogP contribution >= 0.6 is 0 Å². The van der Waals surface area contributed by atoms with Crippen LogP contribution in [0.25, 0.3) is 0 Å². The highest BCUT2D eigenvalue weighted by atomic mass is 16.5. The van der Waals surface area contributed by atoms with Crippen LogP contribution in [0.15, 0.2) is 10.7 Å². The number of carbonyl (C=O) groups excluding carboxylic acids is 1. The zero-order chi connectivity index (χ0) is 14.1. The number of rotatable bonds is 3. The Hall–Kier alpha value is -1.56. The molecular weight excluding hydrogens is 258 g/mol. The minimum atomic E-state index is -0.422. The predicted molar refractivity (Wildman–Crippen MR) is 73.9 cm³/mol. The van der Waals surface area contributed by atoms with E-state index in [-0.39, 0.29) is 5.69 Å². The quantitative estimate of drug-likeness (QED) is 0.782. The van der Waals surface area contributed by atoms with Crippen molar-refractivity contribution < 1.29 is 13.9 Å². The number of piperazine rings is 1. The van der Waals surface area contributed by atoms with E-state index in [4.69, 9.17) is 9.15 Å². The van der Waals surface area contributed by atoms with E-state index >= 15 is 0 Å². The third kappa shape index (κ3) is 2.40. The van der Waals surface area contributed by atoms with Gasteiger partial charge in [-0.15, -0.1) is 0 Å². The lowest BCUT2D eigenvalue weighted by Crippen LogP contribution is -2.55. The molecule has 1 aromatic rings. The molecule has 0 saturated carbocycles. The summed E-state index contributed by atoms with van der Waals surface area (Å²) < 4.78 is 10.4. The van der Waals surface area contributed by atoms with Gasteiger partial charge in [-0.2, -0.15) is 4.98 Å². The first kappa shape index (κ1) is 13.4. The molecule has 3 heterocycles. The summed E-state index contributed by atoms with van der Waals surface area (Å²) >= 11 is 0. The van der Waals surface area contributed by atoms with Crippen LogP contribution in [0.4, 0.5) is 6.01 Å². The normalized spacial score (nSPS) is 26.6. The highest BCUT2D eigenvalue weighted by Crippen LogP contribution is 2.28. The zero-order valence-electron chi connectivity index (χ0n) is 12.0.